The third-order valence-corrected chi connectivity index (χ3v) is 3.18. The molecule has 0 atom stereocenters. The van der Waals surface area contributed by atoms with E-state index in [1.807, 2.05) is 0 Å². The van der Waals surface area contributed by atoms with Crippen LogP contribution >= 0.6 is 0 Å². The third-order valence-electron chi connectivity index (χ3n) is 3.18. The van der Waals surface area contributed by atoms with Gasteiger partial charge in [-0.2, -0.15) is 5.10 Å². The van der Waals surface area contributed by atoms with Gasteiger partial charge in [-0.15, -0.1) is 0 Å². The molecular formula is C12H21N3O. The molecule has 0 aliphatic carbocycles. The van der Waals surface area contributed by atoms with Crippen molar-refractivity contribution in [2.24, 2.45) is 0 Å². The second kappa shape index (κ2) is 5.46. The minimum Gasteiger partial charge on any atom is -0.379 e. The minimum atomic E-state index is 0.873. The maximum absolute atomic E-state index is 5.33. The van der Waals surface area contributed by atoms with E-state index in [1.54, 1.807) is 0 Å². The molecule has 1 fully saturated rings. The van der Waals surface area contributed by atoms with E-state index in [0.29, 0.717) is 0 Å². The van der Waals surface area contributed by atoms with E-state index in [4.69, 9.17) is 4.74 Å². The molecule has 1 aromatic rings. The van der Waals surface area contributed by atoms with Gasteiger partial charge >= 0.3 is 0 Å². The molecule has 0 unspecified atom stereocenters. The largest absolute Gasteiger partial charge is 0.379 e. The Morgan fingerprint density at radius 3 is 2.69 bits per heavy atom. The predicted molar refractivity (Wildman–Crippen MR) is 63.6 cm³/mol. The van der Waals surface area contributed by atoms with Crippen molar-refractivity contribution in [1.29, 1.82) is 0 Å². The summed E-state index contributed by atoms with van der Waals surface area (Å²) in [4.78, 5) is 2.44. The van der Waals surface area contributed by atoms with E-state index in [0.717, 1.165) is 45.8 Å². The number of morpholine rings is 1. The highest BCUT2D eigenvalue weighted by Crippen LogP contribution is 2.06. The highest BCUT2D eigenvalue weighted by Gasteiger charge is 2.10. The molecule has 0 N–H and O–H groups in total. The fourth-order valence-corrected chi connectivity index (χ4v) is 2.09. The lowest BCUT2D eigenvalue weighted by molar-refractivity contribution is 0.0359. The SMILES string of the molecule is CCc1cn(CCN2CCOCC2)nc1C. The molecule has 4 heteroatoms. The van der Waals surface area contributed by atoms with Gasteiger partial charge in [-0.1, -0.05) is 6.92 Å². The highest BCUT2D eigenvalue weighted by atomic mass is 16.5. The molecule has 16 heavy (non-hydrogen) atoms. The molecular weight excluding hydrogens is 202 g/mol. The number of aromatic nitrogens is 2. The number of hydrogen-bond donors (Lipinski definition) is 0. The fraction of sp³-hybridized carbons (Fsp3) is 0.750. The fourth-order valence-electron chi connectivity index (χ4n) is 2.09. The number of aryl methyl sites for hydroxylation is 2. The predicted octanol–water partition coefficient (Wildman–Crippen LogP) is 1.09. The van der Waals surface area contributed by atoms with E-state index in [2.05, 4.69) is 34.7 Å². The zero-order chi connectivity index (χ0) is 11.4. The Labute approximate surface area is 97.2 Å². The lowest BCUT2D eigenvalue weighted by Crippen LogP contribution is -2.38. The quantitative estimate of drug-likeness (QED) is 0.765. The summed E-state index contributed by atoms with van der Waals surface area (Å²) in [6.07, 6.45) is 3.25. The van der Waals surface area contributed by atoms with E-state index in [1.165, 1.54) is 11.3 Å². The van der Waals surface area contributed by atoms with Crippen LogP contribution in [0, 0.1) is 6.92 Å². The van der Waals surface area contributed by atoms with Gasteiger partial charge in [0.25, 0.3) is 0 Å². The molecule has 1 aromatic heterocycles. The molecule has 2 rings (SSSR count). The first-order chi connectivity index (χ1) is 7.79. The number of rotatable bonds is 4. The number of hydrogen-bond acceptors (Lipinski definition) is 3. The van der Waals surface area contributed by atoms with Gasteiger partial charge in [-0.05, 0) is 18.9 Å². The monoisotopic (exact) mass is 223 g/mol. The van der Waals surface area contributed by atoms with Crippen molar-refractivity contribution in [3.05, 3.63) is 17.5 Å². The zero-order valence-electron chi connectivity index (χ0n) is 10.3. The van der Waals surface area contributed by atoms with Crippen molar-refractivity contribution < 1.29 is 4.74 Å². The first-order valence-corrected chi connectivity index (χ1v) is 6.12. The van der Waals surface area contributed by atoms with Gasteiger partial charge in [0.15, 0.2) is 0 Å². The standard InChI is InChI=1S/C12H21N3O/c1-3-12-10-15(13-11(12)2)5-4-14-6-8-16-9-7-14/h10H,3-9H2,1-2H3. The molecule has 4 nitrogen and oxygen atoms in total. The van der Waals surface area contributed by atoms with Gasteiger partial charge in [0, 0.05) is 25.8 Å². The number of ether oxygens (including phenoxy) is 1. The summed E-state index contributed by atoms with van der Waals surface area (Å²) in [6.45, 7) is 10.2. The van der Waals surface area contributed by atoms with Gasteiger partial charge in [0.05, 0.1) is 25.5 Å². The molecule has 1 aliphatic heterocycles. The van der Waals surface area contributed by atoms with Crippen LogP contribution in [0.25, 0.3) is 0 Å². The zero-order valence-corrected chi connectivity index (χ0v) is 10.3. The summed E-state index contributed by atoms with van der Waals surface area (Å²) < 4.78 is 7.40. The van der Waals surface area contributed by atoms with Crippen LogP contribution in [0.1, 0.15) is 18.2 Å². The molecule has 0 radical (unpaired) electrons. The topological polar surface area (TPSA) is 30.3 Å². The lowest BCUT2D eigenvalue weighted by atomic mass is 10.2. The van der Waals surface area contributed by atoms with Crippen molar-refractivity contribution in [3.63, 3.8) is 0 Å². The second-order valence-corrected chi connectivity index (χ2v) is 4.31. The van der Waals surface area contributed by atoms with Gasteiger partial charge in [0.1, 0.15) is 0 Å². The van der Waals surface area contributed by atoms with Crippen molar-refractivity contribution >= 4 is 0 Å². The average Bonchev–Trinajstić information content (AvgIpc) is 2.69. The molecule has 0 spiro atoms. The Balaban J connectivity index is 1.83. The van der Waals surface area contributed by atoms with Crippen LogP contribution in [0.5, 0.6) is 0 Å². The van der Waals surface area contributed by atoms with Gasteiger partial charge in [-0.25, -0.2) is 0 Å². The summed E-state index contributed by atoms with van der Waals surface area (Å²) in [5.74, 6) is 0. The van der Waals surface area contributed by atoms with Crippen LogP contribution in [0.3, 0.4) is 0 Å². The van der Waals surface area contributed by atoms with E-state index in [9.17, 15) is 0 Å². The normalized spacial score (nSPS) is 17.9. The summed E-state index contributed by atoms with van der Waals surface area (Å²) >= 11 is 0. The van der Waals surface area contributed by atoms with Crippen LogP contribution in [0.15, 0.2) is 6.20 Å². The molecule has 1 aliphatic rings. The van der Waals surface area contributed by atoms with E-state index >= 15 is 0 Å². The summed E-state index contributed by atoms with van der Waals surface area (Å²) in [5, 5.41) is 4.52. The molecule has 0 bridgehead atoms. The molecule has 0 saturated carbocycles. The van der Waals surface area contributed by atoms with Crippen LogP contribution in [-0.2, 0) is 17.7 Å². The Hall–Kier alpha value is -0.870. The van der Waals surface area contributed by atoms with Gasteiger partial charge in [0.2, 0.25) is 0 Å². The smallest absolute Gasteiger partial charge is 0.0625 e. The Morgan fingerprint density at radius 2 is 2.06 bits per heavy atom. The second-order valence-electron chi connectivity index (χ2n) is 4.31. The van der Waals surface area contributed by atoms with E-state index in [-0.39, 0.29) is 0 Å². The molecule has 0 amide bonds. The molecule has 90 valence electrons. The Bertz CT molecular complexity index is 329. The molecule has 0 aromatic carbocycles. The van der Waals surface area contributed by atoms with Crippen molar-refractivity contribution in [3.8, 4) is 0 Å². The lowest BCUT2D eigenvalue weighted by Gasteiger charge is -2.26. The average molecular weight is 223 g/mol. The first-order valence-electron chi connectivity index (χ1n) is 6.12. The van der Waals surface area contributed by atoms with Gasteiger partial charge < -0.3 is 4.74 Å². The minimum absolute atomic E-state index is 0.873. The highest BCUT2D eigenvalue weighted by molar-refractivity contribution is 5.14. The third kappa shape index (κ3) is 2.83. The molecule has 1 saturated heterocycles. The van der Waals surface area contributed by atoms with Crippen molar-refractivity contribution in [1.82, 2.24) is 14.7 Å². The Morgan fingerprint density at radius 1 is 1.31 bits per heavy atom. The van der Waals surface area contributed by atoms with E-state index < -0.39 is 0 Å². The number of nitrogens with zero attached hydrogens (tertiary/aromatic N) is 3. The van der Waals surface area contributed by atoms with Gasteiger partial charge in [-0.3, -0.25) is 9.58 Å². The maximum Gasteiger partial charge on any atom is 0.0625 e. The van der Waals surface area contributed by atoms with Crippen molar-refractivity contribution in [2.45, 2.75) is 26.8 Å². The molecule has 2 heterocycles. The van der Waals surface area contributed by atoms with Crippen LogP contribution < -0.4 is 0 Å². The van der Waals surface area contributed by atoms with Crippen LogP contribution in [0.4, 0.5) is 0 Å². The summed E-state index contributed by atoms with van der Waals surface area (Å²) in [7, 11) is 0. The Kier molecular flexibility index (Phi) is 3.96. The summed E-state index contributed by atoms with van der Waals surface area (Å²) in [5.41, 5.74) is 2.53. The summed E-state index contributed by atoms with van der Waals surface area (Å²) in [6, 6.07) is 0. The maximum atomic E-state index is 5.33. The van der Waals surface area contributed by atoms with Crippen LogP contribution in [0.2, 0.25) is 0 Å². The van der Waals surface area contributed by atoms with Crippen molar-refractivity contribution in [2.75, 3.05) is 32.8 Å². The first kappa shape index (κ1) is 11.6. The van der Waals surface area contributed by atoms with Crippen LogP contribution in [-0.4, -0.2) is 47.5 Å².